The number of hydrogen-bond donors (Lipinski definition) is 1. The van der Waals surface area contributed by atoms with Crippen molar-refractivity contribution in [3.8, 4) is 0 Å². The van der Waals surface area contributed by atoms with Gasteiger partial charge in [0.2, 0.25) is 10.0 Å². The van der Waals surface area contributed by atoms with Crippen molar-refractivity contribution in [1.29, 1.82) is 0 Å². The minimum Gasteiger partial charge on any atom is -0.381 e. The van der Waals surface area contributed by atoms with Crippen molar-refractivity contribution in [1.82, 2.24) is 9.62 Å². The fourth-order valence-corrected chi connectivity index (χ4v) is 4.41. The lowest BCUT2D eigenvalue weighted by Crippen LogP contribution is -2.42. The van der Waals surface area contributed by atoms with Crippen LogP contribution in [0.2, 0.25) is 0 Å². The molecule has 0 bridgehead atoms. The summed E-state index contributed by atoms with van der Waals surface area (Å²) in [5.41, 5.74) is 0. The first-order valence-electron chi connectivity index (χ1n) is 6.22. The summed E-state index contributed by atoms with van der Waals surface area (Å²) in [6.07, 6.45) is 0.862. The molecule has 0 aromatic carbocycles. The third kappa shape index (κ3) is 3.64. The van der Waals surface area contributed by atoms with E-state index >= 15 is 0 Å². The molecule has 0 saturated carbocycles. The second-order valence-electron chi connectivity index (χ2n) is 5.43. The molecule has 0 aromatic heterocycles. The highest BCUT2D eigenvalue weighted by Crippen LogP contribution is 2.18. The van der Waals surface area contributed by atoms with Crippen LogP contribution in [-0.2, 0) is 14.8 Å². The first kappa shape index (κ1) is 13.3. The summed E-state index contributed by atoms with van der Waals surface area (Å²) in [4.78, 5) is 2.16. The minimum absolute atomic E-state index is 0.0623. The Bertz CT molecular complexity index is 352. The molecule has 100 valence electrons. The minimum atomic E-state index is -3.16. The van der Waals surface area contributed by atoms with E-state index in [0.717, 1.165) is 19.5 Å². The van der Waals surface area contributed by atoms with Crippen LogP contribution in [0.15, 0.2) is 0 Å². The molecule has 2 aliphatic rings. The quantitative estimate of drug-likeness (QED) is 0.768. The molecular weight excluding hydrogens is 240 g/mol. The molecule has 5 nitrogen and oxygen atoms in total. The first-order valence-corrected chi connectivity index (χ1v) is 7.88. The Morgan fingerprint density at radius 1 is 1.41 bits per heavy atom. The van der Waals surface area contributed by atoms with Gasteiger partial charge in [0, 0.05) is 25.7 Å². The van der Waals surface area contributed by atoms with Crippen molar-refractivity contribution >= 4 is 10.0 Å². The van der Waals surface area contributed by atoms with E-state index in [2.05, 4.69) is 16.5 Å². The van der Waals surface area contributed by atoms with Crippen LogP contribution in [0.5, 0.6) is 0 Å². The zero-order valence-electron chi connectivity index (χ0n) is 10.6. The predicted octanol–water partition coefficient (Wildman–Crippen LogP) is -0.108. The standard InChI is InChI=1S/C11H22N2O3S/c1-9-5-13(2)6-11(9)12-17(14,15)8-10-3-4-16-7-10/h9-12H,3-8H2,1-2H3/t9-,10+,11-/m1/s1. The number of nitrogens with one attached hydrogen (secondary N) is 1. The predicted molar refractivity (Wildman–Crippen MR) is 66.3 cm³/mol. The van der Waals surface area contributed by atoms with Gasteiger partial charge < -0.3 is 9.64 Å². The van der Waals surface area contributed by atoms with Gasteiger partial charge in [-0.3, -0.25) is 0 Å². The Hall–Kier alpha value is -0.170. The number of sulfonamides is 1. The highest BCUT2D eigenvalue weighted by Gasteiger charge is 2.32. The van der Waals surface area contributed by atoms with E-state index in [4.69, 9.17) is 4.74 Å². The summed E-state index contributed by atoms with van der Waals surface area (Å²) in [6.45, 7) is 5.14. The highest BCUT2D eigenvalue weighted by atomic mass is 32.2. The second-order valence-corrected chi connectivity index (χ2v) is 7.23. The molecule has 0 aliphatic carbocycles. The molecular formula is C11H22N2O3S. The van der Waals surface area contributed by atoms with E-state index in [1.165, 1.54) is 0 Å². The first-order chi connectivity index (χ1) is 7.96. The number of likely N-dealkylation sites (tertiary alicyclic amines) is 1. The molecule has 2 fully saturated rings. The Morgan fingerprint density at radius 3 is 2.71 bits per heavy atom. The maximum atomic E-state index is 12.0. The second kappa shape index (κ2) is 5.22. The normalized spacial score (nSPS) is 35.5. The van der Waals surface area contributed by atoms with Gasteiger partial charge in [-0.25, -0.2) is 13.1 Å². The van der Waals surface area contributed by atoms with Crippen LogP contribution in [0, 0.1) is 11.8 Å². The largest absolute Gasteiger partial charge is 0.381 e. The summed E-state index contributed by atoms with van der Waals surface area (Å²) in [7, 11) is -1.14. The molecule has 0 aromatic rings. The van der Waals surface area contributed by atoms with E-state index in [9.17, 15) is 8.42 Å². The van der Waals surface area contributed by atoms with E-state index in [1.807, 2.05) is 7.05 Å². The van der Waals surface area contributed by atoms with Gasteiger partial charge in [-0.1, -0.05) is 6.92 Å². The Morgan fingerprint density at radius 2 is 2.18 bits per heavy atom. The molecule has 0 radical (unpaired) electrons. The number of likely N-dealkylation sites (N-methyl/N-ethyl adjacent to an activating group) is 1. The summed E-state index contributed by atoms with van der Waals surface area (Å²) in [5, 5.41) is 0. The Balaban J connectivity index is 1.88. The summed E-state index contributed by atoms with van der Waals surface area (Å²) >= 11 is 0. The Labute approximate surface area is 104 Å². The smallest absolute Gasteiger partial charge is 0.212 e. The molecule has 6 heteroatoms. The number of rotatable bonds is 4. The van der Waals surface area contributed by atoms with Crippen LogP contribution in [-0.4, -0.2) is 58.5 Å². The molecule has 2 rings (SSSR count). The van der Waals surface area contributed by atoms with Crippen molar-refractivity contribution < 1.29 is 13.2 Å². The molecule has 3 atom stereocenters. The number of ether oxygens (including phenoxy) is 1. The SMILES string of the molecule is C[C@@H]1CN(C)C[C@H]1NS(=O)(=O)C[C@H]1CCOC1. The summed E-state index contributed by atoms with van der Waals surface area (Å²) in [6, 6.07) is 0.0623. The van der Waals surface area contributed by atoms with E-state index in [1.54, 1.807) is 0 Å². The van der Waals surface area contributed by atoms with Gasteiger partial charge in [-0.05, 0) is 25.3 Å². The van der Waals surface area contributed by atoms with Crippen molar-refractivity contribution in [3.05, 3.63) is 0 Å². The average Bonchev–Trinajstić information content (AvgIpc) is 2.76. The average molecular weight is 262 g/mol. The van der Waals surface area contributed by atoms with Crippen molar-refractivity contribution in [2.75, 3.05) is 39.1 Å². The van der Waals surface area contributed by atoms with Gasteiger partial charge in [-0.15, -0.1) is 0 Å². The fraction of sp³-hybridized carbons (Fsp3) is 1.00. The van der Waals surface area contributed by atoms with Crippen LogP contribution in [0.25, 0.3) is 0 Å². The summed E-state index contributed by atoms with van der Waals surface area (Å²) < 4.78 is 32.1. The Kier molecular flexibility index (Phi) is 4.07. The van der Waals surface area contributed by atoms with Crippen LogP contribution in [0.1, 0.15) is 13.3 Å². The third-order valence-electron chi connectivity index (χ3n) is 3.60. The maximum absolute atomic E-state index is 12.0. The van der Waals surface area contributed by atoms with Crippen LogP contribution >= 0.6 is 0 Å². The molecule has 0 spiro atoms. The van der Waals surface area contributed by atoms with Crippen molar-refractivity contribution in [2.45, 2.75) is 19.4 Å². The lowest BCUT2D eigenvalue weighted by Gasteiger charge is -2.18. The lowest BCUT2D eigenvalue weighted by molar-refractivity contribution is 0.188. The third-order valence-corrected chi connectivity index (χ3v) is 5.18. The van der Waals surface area contributed by atoms with Crippen LogP contribution < -0.4 is 4.72 Å². The lowest BCUT2D eigenvalue weighted by atomic mass is 10.1. The number of hydrogen-bond acceptors (Lipinski definition) is 4. The van der Waals surface area contributed by atoms with Gasteiger partial charge in [0.05, 0.1) is 12.4 Å². The van der Waals surface area contributed by atoms with E-state index in [0.29, 0.717) is 19.1 Å². The van der Waals surface area contributed by atoms with Crippen molar-refractivity contribution in [3.63, 3.8) is 0 Å². The van der Waals surface area contributed by atoms with E-state index in [-0.39, 0.29) is 17.7 Å². The molecule has 0 amide bonds. The van der Waals surface area contributed by atoms with Gasteiger partial charge >= 0.3 is 0 Å². The van der Waals surface area contributed by atoms with Gasteiger partial charge in [0.1, 0.15) is 0 Å². The van der Waals surface area contributed by atoms with Gasteiger partial charge in [0.15, 0.2) is 0 Å². The van der Waals surface area contributed by atoms with Gasteiger partial charge in [-0.2, -0.15) is 0 Å². The highest BCUT2D eigenvalue weighted by molar-refractivity contribution is 7.89. The molecule has 2 saturated heterocycles. The monoisotopic (exact) mass is 262 g/mol. The number of nitrogens with zero attached hydrogens (tertiary/aromatic N) is 1. The zero-order chi connectivity index (χ0) is 12.5. The zero-order valence-corrected chi connectivity index (χ0v) is 11.4. The molecule has 2 aliphatic heterocycles. The molecule has 17 heavy (non-hydrogen) atoms. The van der Waals surface area contributed by atoms with Gasteiger partial charge in [0.25, 0.3) is 0 Å². The van der Waals surface area contributed by atoms with Crippen LogP contribution in [0.3, 0.4) is 0 Å². The molecule has 1 N–H and O–H groups in total. The molecule has 2 heterocycles. The van der Waals surface area contributed by atoms with Crippen LogP contribution in [0.4, 0.5) is 0 Å². The topological polar surface area (TPSA) is 58.6 Å². The fourth-order valence-electron chi connectivity index (χ4n) is 2.67. The molecule has 0 unspecified atom stereocenters. The summed E-state index contributed by atoms with van der Waals surface area (Å²) in [5.74, 6) is 0.761. The van der Waals surface area contributed by atoms with E-state index < -0.39 is 10.0 Å². The maximum Gasteiger partial charge on any atom is 0.212 e. The van der Waals surface area contributed by atoms with Crippen molar-refractivity contribution in [2.24, 2.45) is 11.8 Å².